The average Bonchev–Trinajstić information content (AvgIpc) is 2.87. The standard InChI is InChI=1S/C27H23ClN2O6/c1-3-35-24-15-18(6-13-23(24)34-2)14-22-25(31)29-27(33)30(26(22)32)20-9-11-21(12-10-20)36-16-17-4-7-19(28)8-5-17/h4-15H,3,16H2,1-2H3,(H,29,31,33)/b22-14+. The largest absolute Gasteiger partial charge is 0.493 e. The number of benzene rings is 3. The van der Waals surface area contributed by atoms with E-state index in [9.17, 15) is 14.4 Å². The van der Waals surface area contributed by atoms with Gasteiger partial charge in [-0.05, 0) is 72.7 Å². The lowest BCUT2D eigenvalue weighted by Gasteiger charge is -2.26. The van der Waals surface area contributed by atoms with Gasteiger partial charge in [0, 0.05) is 5.02 Å². The van der Waals surface area contributed by atoms with Gasteiger partial charge in [-0.15, -0.1) is 0 Å². The molecule has 0 spiro atoms. The Balaban J connectivity index is 1.54. The van der Waals surface area contributed by atoms with E-state index in [1.54, 1.807) is 54.6 Å². The molecular formula is C27H23ClN2O6. The number of rotatable bonds is 8. The van der Waals surface area contributed by atoms with Crippen LogP contribution >= 0.6 is 11.6 Å². The Morgan fingerprint density at radius 3 is 2.31 bits per heavy atom. The number of urea groups is 1. The number of anilines is 1. The SMILES string of the molecule is CCOc1cc(/C=C2\C(=O)NC(=O)N(c3ccc(OCc4ccc(Cl)cc4)cc3)C2=O)ccc1OC. The van der Waals surface area contributed by atoms with Crippen molar-refractivity contribution >= 4 is 41.2 Å². The van der Waals surface area contributed by atoms with Crippen molar-refractivity contribution in [1.29, 1.82) is 0 Å². The van der Waals surface area contributed by atoms with Gasteiger partial charge in [0.05, 0.1) is 19.4 Å². The molecular weight excluding hydrogens is 484 g/mol. The van der Waals surface area contributed by atoms with E-state index in [0.717, 1.165) is 10.5 Å². The van der Waals surface area contributed by atoms with Gasteiger partial charge in [-0.1, -0.05) is 29.8 Å². The molecule has 0 aromatic heterocycles. The molecule has 3 aromatic rings. The van der Waals surface area contributed by atoms with Crippen LogP contribution in [0.25, 0.3) is 6.08 Å². The fourth-order valence-electron chi connectivity index (χ4n) is 3.55. The van der Waals surface area contributed by atoms with Crippen LogP contribution in [0.2, 0.25) is 5.02 Å². The van der Waals surface area contributed by atoms with E-state index >= 15 is 0 Å². The summed E-state index contributed by atoms with van der Waals surface area (Å²) in [7, 11) is 1.52. The van der Waals surface area contributed by atoms with Gasteiger partial charge >= 0.3 is 6.03 Å². The third kappa shape index (κ3) is 5.50. The molecule has 184 valence electrons. The smallest absolute Gasteiger partial charge is 0.335 e. The summed E-state index contributed by atoms with van der Waals surface area (Å²) in [5.41, 5.74) is 1.58. The summed E-state index contributed by atoms with van der Waals surface area (Å²) in [6.07, 6.45) is 1.41. The molecule has 1 aliphatic heterocycles. The van der Waals surface area contributed by atoms with Crippen molar-refractivity contribution in [2.24, 2.45) is 0 Å². The predicted molar refractivity (Wildman–Crippen MR) is 135 cm³/mol. The molecule has 0 radical (unpaired) electrons. The second-order valence-electron chi connectivity index (χ2n) is 7.71. The zero-order valence-electron chi connectivity index (χ0n) is 19.6. The van der Waals surface area contributed by atoms with Crippen molar-refractivity contribution in [1.82, 2.24) is 5.32 Å². The first-order chi connectivity index (χ1) is 17.4. The van der Waals surface area contributed by atoms with Gasteiger partial charge in [-0.2, -0.15) is 0 Å². The maximum Gasteiger partial charge on any atom is 0.335 e. The normalized spacial score (nSPS) is 14.6. The maximum absolute atomic E-state index is 13.2. The van der Waals surface area contributed by atoms with E-state index < -0.39 is 17.8 Å². The first-order valence-electron chi connectivity index (χ1n) is 11.1. The van der Waals surface area contributed by atoms with Crippen LogP contribution in [0.5, 0.6) is 17.2 Å². The van der Waals surface area contributed by atoms with E-state index in [1.807, 2.05) is 19.1 Å². The van der Waals surface area contributed by atoms with Crippen LogP contribution in [0, 0.1) is 0 Å². The monoisotopic (exact) mass is 506 g/mol. The van der Waals surface area contributed by atoms with E-state index in [0.29, 0.717) is 46.7 Å². The number of halogens is 1. The van der Waals surface area contributed by atoms with Gasteiger partial charge in [0.25, 0.3) is 11.8 Å². The van der Waals surface area contributed by atoms with Crippen molar-refractivity contribution in [3.05, 3.63) is 88.5 Å². The molecule has 0 aliphatic carbocycles. The molecule has 0 saturated carbocycles. The van der Waals surface area contributed by atoms with E-state index in [1.165, 1.54) is 13.2 Å². The Bertz CT molecular complexity index is 1320. The van der Waals surface area contributed by atoms with Crippen LogP contribution < -0.4 is 24.4 Å². The molecule has 1 aliphatic rings. The van der Waals surface area contributed by atoms with Crippen LogP contribution in [0.15, 0.2) is 72.3 Å². The molecule has 3 aromatic carbocycles. The molecule has 1 fully saturated rings. The summed E-state index contributed by atoms with van der Waals surface area (Å²) in [5.74, 6) is 0.0196. The summed E-state index contributed by atoms with van der Waals surface area (Å²) >= 11 is 5.90. The van der Waals surface area contributed by atoms with Crippen LogP contribution in [0.3, 0.4) is 0 Å². The number of ether oxygens (including phenoxy) is 3. The highest BCUT2D eigenvalue weighted by molar-refractivity contribution is 6.39. The lowest BCUT2D eigenvalue weighted by molar-refractivity contribution is -0.122. The second kappa shape index (κ2) is 11.0. The lowest BCUT2D eigenvalue weighted by Crippen LogP contribution is -2.54. The molecule has 1 heterocycles. The van der Waals surface area contributed by atoms with Crippen LogP contribution in [0.4, 0.5) is 10.5 Å². The third-order valence-corrected chi connectivity index (χ3v) is 5.57. The Kier molecular flexibility index (Phi) is 7.56. The number of amides is 4. The molecule has 1 N–H and O–H groups in total. The highest BCUT2D eigenvalue weighted by atomic mass is 35.5. The topological polar surface area (TPSA) is 94.2 Å². The number of carbonyl (C=O) groups excluding carboxylic acids is 3. The van der Waals surface area contributed by atoms with Gasteiger partial charge in [-0.25, -0.2) is 9.69 Å². The number of barbiturate groups is 1. The van der Waals surface area contributed by atoms with Crippen molar-refractivity contribution in [3.8, 4) is 17.2 Å². The maximum atomic E-state index is 13.2. The molecule has 4 rings (SSSR count). The molecule has 0 bridgehead atoms. The number of hydrogen-bond acceptors (Lipinski definition) is 6. The molecule has 4 amide bonds. The summed E-state index contributed by atoms with van der Waals surface area (Å²) in [6, 6.07) is 17.9. The number of imide groups is 2. The van der Waals surface area contributed by atoms with Crippen LogP contribution in [0.1, 0.15) is 18.1 Å². The predicted octanol–water partition coefficient (Wildman–Crippen LogP) is 4.99. The third-order valence-electron chi connectivity index (χ3n) is 5.31. The molecule has 0 unspecified atom stereocenters. The number of nitrogens with zero attached hydrogens (tertiary/aromatic N) is 1. The molecule has 8 nitrogen and oxygen atoms in total. The van der Waals surface area contributed by atoms with Gasteiger partial charge < -0.3 is 14.2 Å². The number of nitrogens with one attached hydrogen (secondary N) is 1. The number of carbonyl (C=O) groups is 3. The number of hydrogen-bond donors (Lipinski definition) is 1. The van der Waals surface area contributed by atoms with Gasteiger partial charge in [0.1, 0.15) is 17.9 Å². The highest BCUT2D eigenvalue weighted by Crippen LogP contribution is 2.30. The van der Waals surface area contributed by atoms with Crippen molar-refractivity contribution in [2.75, 3.05) is 18.6 Å². The van der Waals surface area contributed by atoms with Crippen molar-refractivity contribution in [2.45, 2.75) is 13.5 Å². The Morgan fingerprint density at radius 2 is 1.64 bits per heavy atom. The highest BCUT2D eigenvalue weighted by Gasteiger charge is 2.36. The minimum absolute atomic E-state index is 0.190. The van der Waals surface area contributed by atoms with Gasteiger partial charge in [0.15, 0.2) is 11.5 Å². The van der Waals surface area contributed by atoms with Crippen LogP contribution in [-0.4, -0.2) is 31.6 Å². The van der Waals surface area contributed by atoms with E-state index in [2.05, 4.69) is 5.32 Å². The van der Waals surface area contributed by atoms with Crippen molar-refractivity contribution < 1.29 is 28.6 Å². The molecule has 9 heteroatoms. The van der Waals surface area contributed by atoms with Crippen LogP contribution in [-0.2, 0) is 16.2 Å². The quantitative estimate of drug-likeness (QED) is 0.341. The fourth-order valence-corrected chi connectivity index (χ4v) is 3.67. The summed E-state index contributed by atoms with van der Waals surface area (Å²) in [5, 5.41) is 2.86. The fraction of sp³-hybridized carbons (Fsp3) is 0.148. The first-order valence-corrected chi connectivity index (χ1v) is 11.5. The molecule has 0 atom stereocenters. The van der Waals surface area contributed by atoms with E-state index in [4.69, 9.17) is 25.8 Å². The zero-order valence-corrected chi connectivity index (χ0v) is 20.4. The lowest BCUT2D eigenvalue weighted by atomic mass is 10.1. The zero-order chi connectivity index (χ0) is 25.7. The Morgan fingerprint density at radius 1 is 0.917 bits per heavy atom. The minimum Gasteiger partial charge on any atom is -0.493 e. The first kappa shape index (κ1) is 24.8. The van der Waals surface area contributed by atoms with Gasteiger partial charge in [-0.3, -0.25) is 14.9 Å². The summed E-state index contributed by atoms with van der Waals surface area (Å²) in [6.45, 7) is 2.57. The molecule has 36 heavy (non-hydrogen) atoms. The van der Waals surface area contributed by atoms with Gasteiger partial charge in [0.2, 0.25) is 0 Å². The Labute approximate surface area is 213 Å². The molecule has 1 saturated heterocycles. The second-order valence-corrected chi connectivity index (χ2v) is 8.15. The summed E-state index contributed by atoms with van der Waals surface area (Å²) < 4.78 is 16.6. The van der Waals surface area contributed by atoms with E-state index in [-0.39, 0.29) is 5.57 Å². The average molecular weight is 507 g/mol. The minimum atomic E-state index is -0.832. The summed E-state index contributed by atoms with van der Waals surface area (Å²) in [4.78, 5) is 39.1. The number of methoxy groups -OCH3 is 1. The van der Waals surface area contributed by atoms with Crippen molar-refractivity contribution in [3.63, 3.8) is 0 Å². The Hall–Kier alpha value is -4.30.